The third kappa shape index (κ3) is 3.51. The van der Waals surface area contributed by atoms with Crippen LogP contribution in [0.2, 0.25) is 5.15 Å². The summed E-state index contributed by atoms with van der Waals surface area (Å²) in [5.74, 6) is 0.883. The number of benzene rings is 1. The zero-order valence-electron chi connectivity index (χ0n) is 14.5. The molecule has 3 N–H and O–H groups in total. The summed E-state index contributed by atoms with van der Waals surface area (Å²) in [5.41, 5.74) is 6.09. The molecule has 9 nitrogen and oxygen atoms in total. The molecule has 0 spiro atoms. The highest BCUT2D eigenvalue weighted by Crippen LogP contribution is 2.29. The van der Waals surface area contributed by atoms with Gasteiger partial charge < -0.3 is 25.1 Å². The number of nitrogens with zero attached hydrogens (tertiary/aromatic N) is 4. The third-order valence-electron chi connectivity index (χ3n) is 4.24. The second-order valence-electron chi connectivity index (χ2n) is 6.11. The van der Waals surface area contributed by atoms with Gasteiger partial charge in [-0.2, -0.15) is 4.98 Å². The minimum atomic E-state index is -0.454. The van der Waals surface area contributed by atoms with E-state index in [4.69, 9.17) is 26.8 Å². The summed E-state index contributed by atoms with van der Waals surface area (Å²) in [7, 11) is 1.84. The van der Waals surface area contributed by atoms with Gasteiger partial charge in [0.05, 0.1) is 5.52 Å². The van der Waals surface area contributed by atoms with Crippen molar-refractivity contribution in [1.29, 1.82) is 0 Å². The summed E-state index contributed by atoms with van der Waals surface area (Å²) < 4.78 is 11.5. The number of rotatable bonds is 4. The van der Waals surface area contributed by atoms with Crippen LogP contribution in [0.5, 0.6) is 11.6 Å². The first-order valence-corrected chi connectivity index (χ1v) is 8.74. The van der Waals surface area contributed by atoms with E-state index in [1.807, 2.05) is 11.9 Å². The van der Waals surface area contributed by atoms with Gasteiger partial charge in [-0.25, -0.2) is 9.97 Å². The van der Waals surface area contributed by atoms with E-state index >= 15 is 0 Å². The van der Waals surface area contributed by atoms with E-state index in [1.54, 1.807) is 18.2 Å². The Morgan fingerprint density at radius 2 is 2.22 bits per heavy atom. The van der Waals surface area contributed by atoms with Gasteiger partial charge in [-0.3, -0.25) is 4.79 Å². The van der Waals surface area contributed by atoms with Crippen molar-refractivity contribution < 1.29 is 9.47 Å². The number of hydrogen-bond acceptors (Lipinski definition) is 8. The van der Waals surface area contributed by atoms with Crippen molar-refractivity contribution >= 4 is 34.4 Å². The lowest BCUT2D eigenvalue weighted by molar-refractivity contribution is 0.110. The SMILES string of the molecule is CN(c1nc(Cl)cc(Oc2cccc3[nH]c(=O)c(N)nc23)n1)C1CCCO1. The predicted octanol–water partition coefficient (Wildman–Crippen LogP) is 2.31. The van der Waals surface area contributed by atoms with Crippen LogP contribution in [0.1, 0.15) is 12.8 Å². The summed E-state index contributed by atoms with van der Waals surface area (Å²) in [6.07, 6.45) is 1.78. The first-order chi connectivity index (χ1) is 13.0. The molecule has 1 unspecified atom stereocenters. The fourth-order valence-corrected chi connectivity index (χ4v) is 3.05. The standard InChI is InChI=1S/C17H17ClN6O3/c1-24(13-6-3-7-26-13)17-21-11(18)8-12(22-17)27-10-5-2-4-9-14(10)23-15(19)16(25)20-9/h2,4-5,8,13H,3,6-7H2,1H3,(H2,19,23)(H,20,25). The van der Waals surface area contributed by atoms with Gasteiger partial charge in [-0.15, -0.1) is 0 Å². The van der Waals surface area contributed by atoms with Gasteiger partial charge in [-0.1, -0.05) is 17.7 Å². The van der Waals surface area contributed by atoms with Gasteiger partial charge in [0.15, 0.2) is 11.6 Å². The lowest BCUT2D eigenvalue weighted by Gasteiger charge is -2.23. The van der Waals surface area contributed by atoms with E-state index in [9.17, 15) is 4.79 Å². The Labute approximate surface area is 159 Å². The Bertz CT molecular complexity index is 1050. The molecule has 0 saturated carbocycles. The number of fused-ring (bicyclic) bond motifs is 1. The fourth-order valence-electron chi connectivity index (χ4n) is 2.88. The van der Waals surface area contributed by atoms with Crippen LogP contribution in [0.3, 0.4) is 0 Å². The molecule has 4 rings (SSSR count). The Hall–Kier alpha value is -2.91. The molecule has 1 aliphatic rings. The number of anilines is 2. The molecule has 1 saturated heterocycles. The largest absolute Gasteiger partial charge is 0.436 e. The highest BCUT2D eigenvalue weighted by atomic mass is 35.5. The molecular formula is C17H17ClN6O3. The quantitative estimate of drug-likeness (QED) is 0.653. The summed E-state index contributed by atoms with van der Waals surface area (Å²) in [4.78, 5) is 28.9. The fraction of sp³-hybridized carbons (Fsp3) is 0.294. The van der Waals surface area contributed by atoms with Gasteiger partial charge in [0, 0.05) is 19.7 Å². The summed E-state index contributed by atoms with van der Waals surface area (Å²) in [6, 6.07) is 6.64. The lowest BCUT2D eigenvalue weighted by atomic mass is 10.3. The molecule has 0 bridgehead atoms. The van der Waals surface area contributed by atoms with Crippen LogP contribution in [0.15, 0.2) is 29.1 Å². The maximum absolute atomic E-state index is 11.7. The van der Waals surface area contributed by atoms with Crippen LogP contribution in [0, 0.1) is 0 Å². The van der Waals surface area contributed by atoms with E-state index in [-0.39, 0.29) is 23.1 Å². The zero-order valence-corrected chi connectivity index (χ0v) is 15.2. The minimum Gasteiger partial charge on any atom is -0.436 e. The molecule has 3 heterocycles. The van der Waals surface area contributed by atoms with Crippen molar-refractivity contribution in [3.05, 3.63) is 39.8 Å². The first-order valence-electron chi connectivity index (χ1n) is 8.36. The van der Waals surface area contributed by atoms with Crippen LogP contribution < -0.4 is 20.9 Å². The number of nitrogens with one attached hydrogen (secondary N) is 1. The van der Waals surface area contributed by atoms with Crippen LogP contribution in [-0.4, -0.2) is 39.8 Å². The second kappa shape index (κ2) is 7.01. The highest BCUT2D eigenvalue weighted by molar-refractivity contribution is 6.29. The monoisotopic (exact) mass is 388 g/mol. The minimum absolute atomic E-state index is 0.0968. The Morgan fingerprint density at radius 1 is 1.37 bits per heavy atom. The van der Waals surface area contributed by atoms with Gasteiger partial charge in [0.1, 0.15) is 16.9 Å². The summed E-state index contributed by atoms with van der Waals surface area (Å²) >= 11 is 6.15. The molecule has 1 aliphatic heterocycles. The van der Waals surface area contributed by atoms with Gasteiger partial charge >= 0.3 is 0 Å². The summed E-state index contributed by atoms with van der Waals surface area (Å²) in [5, 5.41) is 0.237. The maximum Gasteiger partial charge on any atom is 0.290 e. The molecule has 10 heteroatoms. The Balaban J connectivity index is 1.69. The van der Waals surface area contributed by atoms with Crippen molar-refractivity contribution in [2.24, 2.45) is 0 Å². The number of halogens is 1. The molecule has 2 aromatic heterocycles. The zero-order chi connectivity index (χ0) is 19.0. The molecule has 0 radical (unpaired) electrons. The summed E-state index contributed by atoms with van der Waals surface area (Å²) in [6.45, 7) is 0.709. The van der Waals surface area contributed by atoms with Crippen LogP contribution in [0.4, 0.5) is 11.8 Å². The normalized spacial score (nSPS) is 16.6. The van der Waals surface area contributed by atoms with Crippen molar-refractivity contribution in [2.75, 3.05) is 24.3 Å². The van der Waals surface area contributed by atoms with Crippen molar-refractivity contribution in [3.63, 3.8) is 0 Å². The van der Waals surface area contributed by atoms with Crippen molar-refractivity contribution in [1.82, 2.24) is 19.9 Å². The van der Waals surface area contributed by atoms with E-state index in [0.717, 1.165) is 12.8 Å². The molecule has 0 amide bonds. The van der Waals surface area contributed by atoms with E-state index in [0.29, 0.717) is 29.3 Å². The molecule has 0 aliphatic carbocycles. The Morgan fingerprint density at radius 3 is 3.00 bits per heavy atom. The van der Waals surface area contributed by atoms with Gasteiger partial charge in [-0.05, 0) is 25.0 Å². The number of nitrogens with two attached hydrogens (primary N) is 1. The van der Waals surface area contributed by atoms with Crippen LogP contribution >= 0.6 is 11.6 Å². The molecule has 27 heavy (non-hydrogen) atoms. The molecular weight excluding hydrogens is 372 g/mol. The topological polar surface area (TPSA) is 119 Å². The molecule has 1 fully saturated rings. The van der Waals surface area contributed by atoms with E-state index in [2.05, 4.69) is 19.9 Å². The predicted molar refractivity (Wildman–Crippen MR) is 101 cm³/mol. The first kappa shape index (κ1) is 17.5. The average molecular weight is 389 g/mol. The number of ether oxygens (including phenoxy) is 2. The highest BCUT2D eigenvalue weighted by Gasteiger charge is 2.23. The number of nitrogen functional groups attached to an aromatic ring is 1. The van der Waals surface area contributed by atoms with Crippen LogP contribution in [-0.2, 0) is 4.74 Å². The molecule has 140 valence electrons. The second-order valence-corrected chi connectivity index (χ2v) is 6.50. The molecule has 3 aromatic rings. The van der Waals surface area contributed by atoms with Crippen molar-refractivity contribution in [3.8, 4) is 11.6 Å². The smallest absolute Gasteiger partial charge is 0.290 e. The van der Waals surface area contributed by atoms with Crippen molar-refractivity contribution in [2.45, 2.75) is 19.1 Å². The van der Waals surface area contributed by atoms with E-state index < -0.39 is 5.56 Å². The maximum atomic E-state index is 11.7. The van der Waals surface area contributed by atoms with Gasteiger partial charge in [0.2, 0.25) is 11.8 Å². The Kier molecular flexibility index (Phi) is 4.54. The van der Waals surface area contributed by atoms with Gasteiger partial charge in [0.25, 0.3) is 5.56 Å². The van der Waals surface area contributed by atoms with Crippen LogP contribution in [0.25, 0.3) is 11.0 Å². The average Bonchev–Trinajstić information content (AvgIpc) is 3.17. The number of para-hydroxylation sites is 1. The molecule has 1 aromatic carbocycles. The number of aromatic amines is 1. The lowest BCUT2D eigenvalue weighted by Crippen LogP contribution is -2.32. The number of H-pyrrole nitrogens is 1. The number of hydrogen-bond donors (Lipinski definition) is 2. The molecule has 1 atom stereocenters. The third-order valence-corrected chi connectivity index (χ3v) is 4.43. The number of aromatic nitrogens is 4. The van der Waals surface area contributed by atoms with E-state index in [1.165, 1.54) is 6.07 Å².